The maximum Gasteiger partial charge on any atom is 0.133 e. The molecule has 1 N–H and O–H groups in total. The Morgan fingerprint density at radius 1 is 1.37 bits per heavy atom. The Kier molecular flexibility index (Phi) is 5.36. The van der Waals surface area contributed by atoms with Crippen LogP contribution in [-0.2, 0) is 19.5 Å². The van der Waals surface area contributed by atoms with Gasteiger partial charge in [-0.2, -0.15) is 0 Å². The molecule has 19 heavy (non-hydrogen) atoms. The molecular formula is C14H17BrN2OS. The van der Waals surface area contributed by atoms with Gasteiger partial charge in [0.2, 0.25) is 0 Å². The van der Waals surface area contributed by atoms with Gasteiger partial charge < -0.3 is 10.1 Å². The number of hydrogen-bond acceptors (Lipinski definition) is 4. The van der Waals surface area contributed by atoms with E-state index < -0.39 is 0 Å². The van der Waals surface area contributed by atoms with Crippen LogP contribution in [0.25, 0.3) is 0 Å². The maximum atomic E-state index is 5.21. The fraction of sp³-hybridized carbons (Fsp3) is 0.357. The molecule has 0 aliphatic rings. The molecule has 3 nitrogen and oxygen atoms in total. The van der Waals surface area contributed by atoms with Crippen molar-refractivity contribution >= 4 is 27.3 Å². The van der Waals surface area contributed by atoms with Crippen molar-refractivity contribution in [2.24, 2.45) is 0 Å². The van der Waals surface area contributed by atoms with Crippen LogP contribution in [-0.4, -0.2) is 12.1 Å². The number of methoxy groups -OCH3 is 1. The van der Waals surface area contributed by atoms with Crippen molar-refractivity contribution in [1.82, 2.24) is 10.3 Å². The van der Waals surface area contributed by atoms with Gasteiger partial charge >= 0.3 is 0 Å². The summed E-state index contributed by atoms with van der Waals surface area (Å²) in [5, 5.41) is 6.72. The number of aryl methyl sites for hydroxylation is 1. The van der Waals surface area contributed by atoms with Gasteiger partial charge in [0.15, 0.2) is 0 Å². The van der Waals surface area contributed by atoms with Crippen molar-refractivity contribution in [3.63, 3.8) is 0 Å². The van der Waals surface area contributed by atoms with E-state index in [2.05, 4.69) is 50.7 Å². The molecule has 0 amide bonds. The van der Waals surface area contributed by atoms with Crippen LogP contribution in [0.2, 0.25) is 0 Å². The molecule has 0 atom stereocenters. The summed E-state index contributed by atoms with van der Waals surface area (Å²) in [5.74, 6) is 0.857. The van der Waals surface area contributed by atoms with Crippen molar-refractivity contribution in [3.05, 3.63) is 44.3 Å². The summed E-state index contributed by atoms with van der Waals surface area (Å²) in [5.41, 5.74) is 2.34. The lowest BCUT2D eigenvalue weighted by Gasteiger charge is -2.07. The van der Waals surface area contributed by atoms with Gasteiger partial charge in [0.1, 0.15) is 5.75 Å². The number of benzene rings is 1. The van der Waals surface area contributed by atoms with E-state index in [9.17, 15) is 0 Å². The van der Waals surface area contributed by atoms with Gasteiger partial charge in [0.05, 0.1) is 22.3 Å². The molecule has 0 unspecified atom stereocenters. The molecule has 2 aromatic rings. The van der Waals surface area contributed by atoms with Crippen LogP contribution in [0.1, 0.15) is 23.2 Å². The number of aromatic nitrogens is 1. The summed E-state index contributed by atoms with van der Waals surface area (Å²) >= 11 is 5.22. The Labute approximate surface area is 126 Å². The molecule has 0 saturated heterocycles. The average molecular weight is 341 g/mol. The second-order valence-corrected chi connectivity index (χ2v) is 5.96. The molecule has 0 radical (unpaired) electrons. The SMILES string of the molecule is CCc1nc(CNCc2ccc(OC)c(Br)c2)cs1. The molecule has 2 rings (SSSR count). The van der Waals surface area contributed by atoms with Crippen molar-refractivity contribution in [2.75, 3.05) is 7.11 Å². The van der Waals surface area contributed by atoms with Crippen LogP contribution < -0.4 is 10.1 Å². The molecule has 0 fully saturated rings. The number of rotatable bonds is 6. The van der Waals surface area contributed by atoms with Crippen LogP contribution >= 0.6 is 27.3 Å². The number of halogens is 1. The van der Waals surface area contributed by atoms with Gasteiger partial charge in [0, 0.05) is 18.5 Å². The summed E-state index contributed by atoms with van der Waals surface area (Å²) in [6.07, 6.45) is 1.01. The lowest BCUT2D eigenvalue weighted by Crippen LogP contribution is -2.13. The first-order valence-corrected chi connectivity index (χ1v) is 7.86. The van der Waals surface area contributed by atoms with E-state index in [1.807, 2.05) is 6.07 Å². The Morgan fingerprint density at radius 3 is 2.84 bits per heavy atom. The molecular weight excluding hydrogens is 324 g/mol. The van der Waals surface area contributed by atoms with Crippen LogP contribution in [0.4, 0.5) is 0 Å². The maximum absolute atomic E-state index is 5.21. The van der Waals surface area contributed by atoms with E-state index in [0.29, 0.717) is 0 Å². The molecule has 0 saturated carbocycles. The molecule has 0 spiro atoms. The van der Waals surface area contributed by atoms with Gasteiger partial charge in [-0.25, -0.2) is 4.98 Å². The smallest absolute Gasteiger partial charge is 0.133 e. The molecule has 1 aromatic carbocycles. The molecule has 0 aliphatic heterocycles. The van der Waals surface area contributed by atoms with E-state index in [1.165, 1.54) is 10.6 Å². The summed E-state index contributed by atoms with van der Waals surface area (Å²) in [6.45, 7) is 3.76. The zero-order valence-corrected chi connectivity index (χ0v) is 13.5. The highest BCUT2D eigenvalue weighted by molar-refractivity contribution is 9.10. The molecule has 0 bridgehead atoms. The average Bonchev–Trinajstić information content (AvgIpc) is 2.87. The number of nitrogens with zero attached hydrogens (tertiary/aromatic N) is 1. The van der Waals surface area contributed by atoms with Crippen LogP contribution in [0.15, 0.2) is 28.1 Å². The third-order valence-electron chi connectivity index (χ3n) is 2.75. The fourth-order valence-electron chi connectivity index (χ4n) is 1.75. The normalized spacial score (nSPS) is 10.7. The van der Waals surface area contributed by atoms with Gasteiger partial charge in [-0.15, -0.1) is 11.3 Å². The summed E-state index contributed by atoms with van der Waals surface area (Å²) in [7, 11) is 1.67. The van der Waals surface area contributed by atoms with Gasteiger partial charge in [-0.3, -0.25) is 0 Å². The van der Waals surface area contributed by atoms with E-state index in [0.717, 1.165) is 35.4 Å². The van der Waals surface area contributed by atoms with Crippen molar-refractivity contribution in [1.29, 1.82) is 0 Å². The monoisotopic (exact) mass is 340 g/mol. The standard InChI is InChI=1S/C14H17BrN2OS/c1-3-14-17-11(9-19-14)8-16-7-10-4-5-13(18-2)12(15)6-10/h4-6,9,16H,3,7-8H2,1-2H3. The van der Waals surface area contributed by atoms with Crippen molar-refractivity contribution in [2.45, 2.75) is 26.4 Å². The Bertz CT molecular complexity index is 542. The minimum absolute atomic E-state index is 0.806. The number of hydrogen-bond donors (Lipinski definition) is 1. The largest absolute Gasteiger partial charge is 0.496 e. The first kappa shape index (κ1) is 14.5. The predicted molar refractivity (Wildman–Crippen MR) is 82.7 cm³/mol. The summed E-state index contributed by atoms with van der Waals surface area (Å²) < 4.78 is 6.20. The minimum atomic E-state index is 0.806. The van der Waals surface area contributed by atoms with E-state index >= 15 is 0 Å². The van der Waals surface area contributed by atoms with Gasteiger partial charge in [-0.1, -0.05) is 13.0 Å². The van der Waals surface area contributed by atoms with E-state index in [1.54, 1.807) is 18.4 Å². The number of thiazole rings is 1. The predicted octanol–water partition coefficient (Wildman–Crippen LogP) is 3.77. The Hall–Kier alpha value is -0.910. The van der Waals surface area contributed by atoms with Crippen molar-refractivity contribution in [3.8, 4) is 5.75 Å². The second-order valence-electron chi connectivity index (χ2n) is 4.16. The van der Waals surface area contributed by atoms with E-state index in [-0.39, 0.29) is 0 Å². The topological polar surface area (TPSA) is 34.2 Å². The highest BCUT2D eigenvalue weighted by Gasteiger charge is 2.02. The minimum Gasteiger partial charge on any atom is -0.496 e. The molecule has 102 valence electrons. The molecule has 0 aliphatic carbocycles. The number of ether oxygens (including phenoxy) is 1. The van der Waals surface area contributed by atoms with Crippen LogP contribution in [0, 0.1) is 0 Å². The number of nitrogens with one attached hydrogen (secondary N) is 1. The molecule has 1 aromatic heterocycles. The summed E-state index contributed by atoms with van der Waals surface area (Å²) in [4.78, 5) is 4.53. The lowest BCUT2D eigenvalue weighted by atomic mass is 10.2. The first-order chi connectivity index (χ1) is 9.22. The second kappa shape index (κ2) is 7.03. The lowest BCUT2D eigenvalue weighted by molar-refractivity contribution is 0.412. The van der Waals surface area contributed by atoms with E-state index in [4.69, 9.17) is 4.74 Å². The highest BCUT2D eigenvalue weighted by atomic mass is 79.9. The fourth-order valence-corrected chi connectivity index (χ4v) is 3.08. The zero-order valence-electron chi connectivity index (χ0n) is 11.1. The molecule has 1 heterocycles. The Morgan fingerprint density at radius 2 is 2.21 bits per heavy atom. The molecule has 5 heteroatoms. The summed E-state index contributed by atoms with van der Waals surface area (Å²) in [6, 6.07) is 6.11. The first-order valence-electron chi connectivity index (χ1n) is 6.19. The van der Waals surface area contributed by atoms with Gasteiger partial charge in [0.25, 0.3) is 0 Å². The quantitative estimate of drug-likeness (QED) is 0.869. The van der Waals surface area contributed by atoms with Gasteiger partial charge in [-0.05, 0) is 40.0 Å². The van der Waals surface area contributed by atoms with Crippen LogP contribution in [0.5, 0.6) is 5.75 Å². The van der Waals surface area contributed by atoms with Crippen molar-refractivity contribution < 1.29 is 4.74 Å². The van der Waals surface area contributed by atoms with Crippen LogP contribution in [0.3, 0.4) is 0 Å². The zero-order chi connectivity index (χ0) is 13.7. The third-order valence-corrected chi connectivity index (χ3v) is 4.41. The highest BCUT2D eigenvalue weighted by Crippen LogP contribution is 2.25. The third kappa shape index (κ3) is 4.03. The Balaban J connectivity index is 1.87.